The third kappa shape index (κ3) is 3.15. The molecule has 27 heavy (non-hydrogen) atoms. The number of furan rings is 1. The third-order valence-electron chi connectivity index (χ3n) is 4.00. The molecule has 8 heteroatoms. The largest absolute Gasteiger partial charge is 0.468 e. The van der Waals surface area contributed by atoms with E-state index in [1.165, 1.54) is 17.7 Å². The van der Waals surface area contributed by atoms with Crippen molar-refractivity contribution in [2.75, 3.05) is 7.11 Å². The van der Waals surface area contributed by atoms with Crippen LogP contribution in [-0.2, 0) is 16.1 Å². The molecule has 0 radical (unpaired) electrons. The minimum Gasteiger partial charge on any atom is -0.468 e. The molecule has 2 aromatic heterocycles. The summed E-state index contributed by atoms with van der Waals surface area (Å²) in [7, 11) is 1.24. The fraction of sp³-hybridized carbons (Fsp3) is 0.105. The normalized spacial score (nSPS) is 12.0. The van der Waals surface area contributed by atoms with Crippen molar-refractivity contribution in [1.29, 1.82) is 0 Å². The number of carbonyl (C=O) groups is 2. The van der Waals surface area contributed by atoms with E-state index in [1.807, 2.05) is 12.1 Å². The molecule has 0 bridgehead atoms. The predicted molar refractivity (Wildman–Crippen MR) is 97.9 cm³/mol. The zero-order valence-electron chi connectivity index (χ0n) is 14.1. The van der Waals surface area contributed by atoms with E-state index in [2.05, 4.69) is 9.73 Å². The summed E-state index contributed by atoms with van der Waals surface area (Å²) >= 11 is 1.11. The molecule has 0 fully saturated rings. The minimum atomic E-state index is -0.614. The van der Waals surface area contributed by atoms with Crippen LogP contribution >= 0.6 is 11.3 Å². The second-order valence-corrected chi connectivity index (χ2v) is 6.71. The SMILES string of the molecule is COC(=O)Cn1c(=NC(=O)c2cc3ccccc3o2)sc2cccc(F)c21. The number of aromatic nitrogens is 1. The first-order valence-corrected chi connectivity index (χ1v) is 8.81. The van der Waals surface area contributed by atoms with Crippen molar-refractivity contribution in [2.24, 2.45) is 4.99 Å². The second-order valence-electron chi connectivity index (χ2n) is 5.70. The third-order valence-corrected chi connectivity index (χ3v) is 5.04. The summed E-state index contributed by atoms with van der Waals surface area (Å²) in [6.07, 6.45) is 0. The molecule has 4 rings (SSSR count). The van der Waals surface area contributed by atoms with Gasteiger partial charge in [0.25, 0.3) is 0 Å². The molecule has 0 spiro atoms. The zero-order valence-corrected chi connectivity index (χ0v) is 15.0. The lowest BCUT2D eigenvalue weighted by atomic mass is 10.2. The van der Waals surface area contributed by atoms with E-state index in [4.69, 9.17) is 4.42 Å². The Hall–Kier alpha value is -3.26. The summed E-state index contributed by atoms with van der Waals surface area (Å²) in [6.45, 7) is -0.260. The van der Waals surface area contributed by atoms with Crippen molar-refractivity contribution in [3.8, 4) is 0 Å². The first-order chi connectivity index (χ1) is 13.1. The van der Waals surface area contributed by atoms with Crippen molar-refractivity contribution in [2.45, 2.75) is 6.54 Å². The number of rotatable bonds is 3. The molecule has 6 nitrogen and oxygen atoms in total. The summed E-state index contributed by atoms with van der Waals surface area (Å²) in [5, 5.41) is 0.779. The molecule has 2 aromatic carbocycles. The Bertz CT molecular complexity index is 1220. The van der Waals surface area contributed by atoms with Gasteiger partial charge in [-0.05, 0) is 24.3 Å². The molecular formula is C19H13FN2O4S. The van der Waals surface area contributed by atoms with Crippen LogP contribution in [-0.4, -0.2) is 23.6 Å². The van der Waals surface area contributed by atoms with Gasteiger partial charge in [-0.15, -0.1) is 0 Å². The number of thiazole rings is 1. The fourth-order valence-electron chi connectivity index (χ4n) is 2.74. The smallest absolute Gasteiger partial charge is 0.325 e. The van der Waals surface area contributed by atoms with Gasteiger partial charge in [0, 0.05) is 5.39 Å². The van der Waals surface area contributed by atoms with E-state index < -0.39 is 17.7 Å². The van der Waals surface area contributed by atoms with Gasteiger partial charge in [0.15, 0.2) is 10.6 Å². The van der Waals surface area contributed by atoms with Crippen LogP contribution in [0.25, 0.3) is 21.2 Å². The maximum absolute atomic E-state index is 14.3. The topological polar surface area (TPSA) is 73.8 Å². The Balaban J connectivity index is 1.86. The van der Waals surface area contributed by atoms with Crippen molar-refractivity contribution < 1.29 is 23.1 Å². The van der Waals surface area contributed by atoms with E-state index in [9.17, 15) is 14.0 Å². The Morgan fingerprint density at radius 2 is 2.04 bits per heavy atom. The summed E-state index contributed by atoms with van der Waals surface area (Å²) < 4.78 is 26.4. The maximum atomic E-state index is 14.3. The first kappa shape index (κ1) is 17.2. The van der Waals surface area contributed by atoms with Gasteiger partial charge in [0.1, 0.15) is 17.9 Å². The molecule has 0 atom stereocenters. The number of nitrogens with zero attached hydrogens (tertiary/aromatic N) is 2. The van der Waals surface area contributed by atoms with Gasteiger partial charge in [-0.3, -0.25) is 9.59 Å². The molecule has 4 aromatic rings. The van der Waals surface area contributed by atoms with E-state index in [0.29, 0.717) is 10.3 Å². The Kier molecular flexibility index (Phi) is 4.33. The predicted octanol–water partition coefficient (Wildman–Crippen LogP) is 3.50. The van der Waals surface area contributed by atoms with E-state index in [0.717, 1.165) is 16.7 Å². The number of carbonyl (C=O) groups excluding carboxylic acids is 2. The first-order valence-electron chi connectivity index (χ1n) is 7.99. The van der Waals surface area contributed by atoms with Gasteiger partial charge in [0.05, 0.1) is 17.3 Å². The molecule has 0 N–H and O–H groups in total. The lowest BCUT2D eigenvalue weighted by Crippen LogP contribution is -2.22. The molecule has 0 saturated heterocycles. The van der Waals surface area contributed by atoms with Crippen LogP contribution in [0.2, 0.25) is 0 Å². The number of hydrogen-bond acceptors (Lipinski definition) is 5. The van der Waals surface area contributed by atoms with Crippen LogP contribution in [0.3, 0.4) is 0 Å². The molecule has 136 valence electrons. The zero-order chi connectivity index (χ0) is 19.0. The number of methoxy groups -OCH3 is 1. The standard InChI is InChI=1S/C19H13FN2O4S/c1-25-16(23)10-22-17-12(20)6-4-8-15(17)27-19(22)21-18(24)14-9-11-5-2-3-7-13(11)26-14/h2-9H,10H2,1H3. The van der Waals surface area contributed by atoms with Crippen molar-refractivity contribution in [3.05, 3.63) is 64.9 Å². The number of fused-ring (bicyclic) bond motifs is 2. The average Bonchev–Trinajstić information content (AvgIpc) is 3.24. The molecule has 0 aliphatic heterocycles. The Morgan fingerprint density at radius 3 is 2.81 bits per heavy atom. The second kappa shape index (κ2) is 6.81. The monoisotopic (exact) mass is 384 g/mol. The van der Waals surface area contributed by atoms with Gasteiger partial charge in [0.2, 0.25) is 0 Å². The van der Waals surface area contributed by atoms with Crippen LogP contribution in [0.5, 0.6) is 0 Å². The Labute approximate surface area is 156 Å². The lowest BCUT2D eigenvalue weighted by molar-refractivity contribution is -0.141. The highest BCUT2D eigenvalue weighted by atomic mass is 32.1. The van der Waals surface area contributed by atoms with Gasteiger partial charge in [-0.25, -0.2) is 4.39 Å². The number of hydrogen-bond donors (Lipinski definition) is 0. The van der Waals surface area contributed by atoms with Crippen LogP contribution in [0.15, 0.2) is 57.9 Å². The number of benzene rings is 2. The van der Waals surface area contributed by atoms with Gasteiger partial charge < -0.3 is 13.7 Å². The maximum Gasteiger partial charge on any atom is 0.325 e. The van der Waals surface area contributed by atoms with Crippen molar-refractivity contribution in [3.63, 3.8) is 0 Å². The molecular weight excluding hydrogens is 371 g/mol. The number of halogens is 1. The van der Waals surface area contributed by atoms with Gasteiger partial charge in [-0.2, -0.15) is 4.99 Å². The molecule has 0 saturated carbocycles. The van der Waals surface area contributed by atoms with Crippen LogP contribution in [0.4, 0.5) is 4.39 Å². The Morgan fingerprint density at radius 1 is 1.22 bits per heavy atom. The van der Waals surface area contributed by atoms with E-state index in [1.54, 1.807) is 30.3 Å². The molecule has 0 aliphatic carbocycles. The van der Waals surface area contributed by atoms with E-state index >= 15 is 0 Å². The number of amides is 1. The number of esters is 1. The molecule has 0 aliphatic rings. The van der Waals surface area contributed by atoms with Gasteiger partial charge in [-0.1, -0.05) is 35.6 Å². The number of ether oxygens (including phenoxy) is 1. The summed E-state index contributed by atoms with van der Waals surface area (Å²) in [5.74, 6) is -1.63. The lowest BCUT2D eigenvalue weighted by Gasteiger charge is -2.04. The highest BCUT2D eigenvalue weighted by Crippen LogP contribution is 2.22. The van der Waals surface area contributed by atoms with Crippen molar-refractivity contribution >= 4 is 44.4 Å². The van der Waals surface area contributed by atoms with Crippen LogP contribution < -0.4 is 4.80 Å². The fourth-order valence-corrected chi connectivity index (χ4v) is 3.78. The van der Waals surface area contributed by atoms with E-state index in [-0.39, 0.29) is 22.6 Å². The molecule has 2 heterocycles. The summed E-state index contributed by atoms with van der Waals surface area (Å²) in [5.41, 5.74) is 0.768. The van der Waals surface area contributed by atoms with Crippen LogP contribution in [0.1, 0.15) is 10.6 Å². The highest BCUT2D eigenvalue weighted by molar-refractivity contribution is 7.16. The highest BCUT2D eigenvalue weighted by Gasteiger charge is 2.16. The van der Waals surface area contributed by atoms with Crippen molar-refractivity contribution in [1.82, 2.24) is 4.57 Å². The average molecular weight is 384 g/mol. The van der Waals surface area contributed by atoms with Gasteiger partial charge >= 0.3 is 11.9 Å². The minimum absolute atomic E-state index is 0.0683. The number of para-hydroxylation sites is 2. The molecule has 1 amide bonds. The van der Waals surface area contributed by atoms with Crippen LogP contribution in [0, 0.1) is 5.82 Å². The summed E-state index contributed by atoms with van der Waals surface area (Å²) in [4.78, 5) is 28.6. The molecule has 0 unspecified atom stereocenters. The summed E-state index contributed by atoms with van der Waals surface area (Å²) in [6, 6.07) is 13.3. The quantitative estimate of drug-likeness (QED) is 0.507.